The van der Waals surface area contributed by atoms with E-state index in [1.54, 1.807) is 6.92 Å². The predicted molar refractivity (Wildman–Crippen MR) is 81.1 cm³/mol. The average Bonchev–Trinajstić information content (AvgIpc) is 2.89. The molecule has 6 nitrogen and oxygen atoms in total. The second-order valence-electron chi connectivity index (χ2n) is 6.20. The third kappa shape index (κ3) is 2.94. The SMILES string of the molecule is CC1=NO[C@](C)(C(=O)NCc2c(C)nn(C(C)C)c2C)C1. The molecule has 0 saturated carbocycles. The van der Waals surface area contributed by atoms with Gasteiger partial charge >= 0.3 is 0 Å². The van der Waals surface area contributed by atoms with Crippen molar-refractivity contribution in [3.8, 4) is 0 Å². The van der Waals surface area contributed by atoms with Crippen LogP contribution in [-0.4, -0.2) is 27.0 Å². The molecule has 0 aromatic carbocycles. The Hall–Kier alpha value is -1.85. The van der Waals surface area contributed by atoms with Crippen LogP contribution in [0.3, 0.4) is 0 Å². The fourth-order valence-electron chi connectivity index (χ4n) is 2.66. The molecule has 1 N–H and O–H groups in total. The summed E-state index contributed by atoms with van der Waals surface area (Å²) in [4.78, 5) is 17.6. The maximum atomic E-state index is 12.3. The van der Waals surface area contributed by atoms with E-state index in [2.05, 4.69) is 29.4 Å². The number of carbonyl (C=O) groups excluding carboxylic acids is 1. The lowest BCUT2D eigenvalue weighted by Crippen LogP contribution is -2.44. The van der Waals surface area contributed by atoms with Crippen LogP contribution in [0.15, 0.2) is 5.16 Å². The summed E-state index contributed by atoms with van der Waals surface area (Å²) in [7, 11) is 0. The maximum absolute atomic E-state index is 12.3. The molecule has 0 fully saturated rings. The number of rotatable bonds is 4. The Labute approximate surface area is 125 Å². The van der Waals surface area contributed by atoms with Crippen molar-refractivity contribution >= 4 is 11.6 Å². The highest BCUT2D eigenvalue weighted by Crippen LogP contribution is 2.24. The lowest BCUT2D eigenvalue weighted by atomic mass is 9.99. The fraction of sp³-hybridized carbons (Fsp3) is 0.667. The first kappa shape index (κ1) is 15.5. The van der Waals surface area contributed by atoms with Crippen molar-refractivity contribution in [2.45, 2.75) is 66.2 Å². The first-order valence-corrected chi connectivity index (χ1v) is 7.29. The van der Waals surface area contributed by atoms with Crippen LogP contribution in [0, 0.1) is 13.8 Å². The van der Waals surface area contributed by atoms with Gasteiger partial charge in [-0.2, -0.15) is 5.10 Å². The standard InChI is InChI=1S/C15H24N4O2/c1-9(2)19-12(5)13(11(4)17-19)8-16-14(20)15(6)7-10(3)18-21-15/h9H,7-8H2,1-6H3,(H,16,20)/t15-/m0/s1. The van der Waals surface area contributed by atoms with Gasteiger partial charge in [0.05, 0.1) is 11.4 Å². The van der Waals surface area contributed by atoms with Crippen molar-refractivity contribution in [3.05, 3.63) is 17.0 Å². The minimum Gasteiger partial charge on any atom is -0.379 e. The molecule has 1 aromatic heterocycles. The maximum Gasteiger partial charge on any atom is 0.267 e. The van der Waals surface area contributed by atoms with Gasteiger partial charge in [-0.15, -0.1) is 0 Å². The first-order chi connectivity index (χ1) is 9.74. The highest BCUT2D eigenvalue weighted by molar-refractivity contribution is 5.94. The van der Waals surface area contributed by atoms with Gasteiger partial charge in [0.25, 0.3) is 5.91 Å². The Kier molecular flexibility index (Phi) is 4.07. The van der Waals surface area contributed by atoms with E-state index in [0.717, 1.165) is 22.7 Å². The highest BCUT2D eigenvalue weighted by atomic mass is 16.7. The van der Waals surface area contributed by atoms with Crippen molar-refractivity contribution in [1.82, 2.24) is 15.1 Å². The summed E-state index contributed by atoms with van der Waals surface area (Å²) in [6.45, 7) is 12.3. The molecule has 0 aliphatic carbocycles. The van der Waals surface area contributed by atoms with Gasteiger partial charge in [-0.05, 0) is 41.5 Å². The fourth-order valence-corrected chi connectivity index (χ4v) is 2.66. The van der Waals surface area contributed by atoms with Crippen LogP contribution in [0.4, 0.5) is 0 Å². The topological polar surface area (TPSA) is 68.5 Å². The van der Waals surface area contributed by atoms with Gasteiger partial charge < -0.3 is 10.2 Å². The number of hydrogen-bond acceptors (Lipinski definition) is 4. The molecule has 1 aliphatic heterocycles. The van der Waals surface area contributed by atoms with Crippen molar-refractivity contribution in [2.24, 2.45) is 5.16 Å². The summed E-state index contributed by atoms with van der Waals surface area (Å²) < 4.78 is 1.98. The molecule has 116 valence electrons. The van der Waals surface area contributed by atoms with Gasteiger partial charge in [0, 0.05) is 30.3 Å². The highest BCUT2D eigenvalue weighted by Gasteiger charge is 2.40. The molecule has 1 atom stereocenters. The van der Waals surface area contributed by atoms with E-state index in [1.807, 2.05) is 25.5 Å². The molecule has 21 heavy (non-hydrogen) atoms. The Balaban J connectivity index is 2.06. The van der Waals surface area contributed by atoms with Gasteiger partial charge in [-0.3, -0.25) is 9.48 Å². The Morgan fingerprint density at radius 2 is 2.10 bits per heavy atom. The van der Waals surface area contributed by atoms with Crippen molar-refractivity contribution < 1.29 is 9.63 Å². The van der Waals surface area contributed by atoms with Crippen molar-refractivity contribution in [3.63, 3.8) is 0 Å². The zero-order chi connectivity index (χ0) is 15.8. The molecule has 0 radical (unpaired) electrons. The molecule has 0 spiro atoms. The summed E-state index contributed by atoms with van der Waals surface area (Å²) in [6, 6.07) is 0.305. The molecular weight excluding hydrogens is 268 g/mol. The van der Waals surface area contributed by atoms with E-state index in [0.29, 0.717) is 19.0 Å². The number of aryl methyl sites for hydroxylation is 1. The Morgan fingerprint density at radius 1 is 1.43 bits per heavy atom. The third-order valence-electron chi connectivity index (χ3n) is 3.87. The van der Waals surface area contributed by atoms with E-state index in [-0.39, 0.29) is 5.91 Å². The molecular formula is C15H24N4O2. The number of nitrogens with zero attached hydrogens (tertiary/aromatic N) is 3. The van der Waals surface area contributed by atoms with E-state index in [9.17, 15) is 4.79 Å². The van der Waals surface area contributed by atoms with Crippen LogP contribution in [0.2, 0.25) is 0 Å². The van der Waals surface area contributed by atoms with Crippen LogP contribution in [0.1, 0.15) is 57.1 Å². The lowest BCUT2D eigenvalue weighted by molar-refractivity contribution is -0.141. The van der Waals surface area contributed by atoms with Gasteiger partial charge in [0.1, 0.15) is 0 Å². The quantitative estimate of drug-likeness (QED) is 0.925. The number of aromatic nitrogens is 2. The molecule has 0 unspecified atom stereocenters. The van der Waals surface area contributed by atoms with Crippen LogP contribution in [-0.2, 0) is 16.2 Å². The second-order valence-corrected chi connectivity index (χ2v) is 6.20. The smallest absolute Gasteiger partial charge is 0.267 e. The van der Waals surface area contributed by atoms with E-state index >= 15 is 0 Å². The number of amides is 1. The summed E-state index contributed by atoms with van der Waals surface area (Å²) in [5.74, 6) is -0.140. The summed E-state index contributed by atoms with van der Waals surface area (Å²) >= 11 is 0. The molecule has 0 saturated heterocycles. The van der Waals surface area contributed by atoms with E-state index < -0.39 is 5.60 Å². The molecule has 2 rings (SSSR count). The van der Waals surface area contributed by atoms with E-state index in [4.69, 9.17) is 4.84 Å². The summed E-state index contributed by atoms with van der Waals surface area (Å²) in [5, 5.41) is 11.3. The van der Waals surface area contributed by atoms with Gasteiger partial charge in [0.15, 0.2) is 0 Å². The zero-order valence-corrected chi connectivity index (χ0v) is 13.6. The average molecular weight is 292 g/mol. The number of hydrogen-bond donors (Lipinski definition) is 1. The van der Waals surface area contributed by atoms with Crippen molar-refractivity contribution in [2.75, 3.05) is 0 Å². The molecule has 1 amide bonds. The predicted octanol–water partition coefficient (Wildman–Crippen LogP) is 2.25. The molecule has 1 aromatic rings. The molecule has 2 heterocycles. The minimum atomic E-state index is -0.889. The van der Waals surface area contributed by atoms with Crippen LogP contribution >= 0.6 is 0 Å². The van der Waals surface area contributed by atoms with Crippen LogP contribution in [0.25, 0.3) is 0 Å². The Morgan fingerprint density at radius 3 is 2.57 bits per heavy atom. The van der Waals surface area contributed by atoms with Gasteiger partial charge in [-0.1, -0.05) is 5.16 Å². The molecule has 1 aliphatic rings. The van der Waals surface area contributed by atoms with Crippen LogP contribution < -0.4 is 5.32 Å². The second kappa shape index (κ2) is 5.50. The summed E-state index contributed by atoms with van der Waals surface area (Å²) in [6.07, 6.45) is 0.530. The monoisotopic (exact) mass is 292 g/mol. The van der Waals surface area contributed by atoms with Crippen LogP contribution in [0.5, 0.6) is 0 Å². The lowest BCUT2D eigenvalue weighted by Gasteiger charge is -2.20. The normalized spacial score (nSPS) is 21.4. The largest absolute Gasteiger partial charge is 0.379 e. The Bertz CT molecular complexity index is 589. The minimum absolute atomic E-state index is 0.140. The zero-order valence-electron chi connectivity index (χ0n) is 13.6. The van der Waals surface area contributed by atoms with Gasteiger partial charge in [-0.25, -0.2) is 0 Å². The van der Waals surface area contributed by atoms with E-state index in [1.165, 1.54) is 0 Å². The third-order valence-corrected chi connectivity index (χ3v) is 3.87. The number of carbonyl (C=O) groups is 1. The first-order valence-electron chi connectivity index (χ1n) is 7.29. The molecule has 0 bridgehead atoms. The number of oxime groups is 1. The van der Waals surface area contributed by atoms with Gasteiger partial charge in [0.2, 0.25) is 5.60 Å². The summed E-state index contributed by atoms with van der Waals surface area (Å²) in [5.41, 5.74) is 3.06. The molecule has 6 heteroatoms. The number of nitrogens with one attached hydrogen (secondary N) is 1. The van der Waals surface area contributed by atoms with Crippen molar-refractivity contribution in [1.29, 1.82) is 0 Å².